The van der Waals surface area contributed by atoms with E-state index >= 15 is 0 Å². The van der Waals surface area contributed by atoms with Crippen molar-refractivity contribution in [3.05, 3.63) is 23.9 Å². The first kappa shape index (κ1) is 14.0. The minimum atomic E-state index is 0.293. The van der Waals surface area contributed by atoms with Crippen LogP contribution in [0.4, 0.5) is 5.82 Å². The molecule has 1 aliphatic heterocycles. The summed E-state index contributed by atoms with van der Waals surface area (Å²) in [4.78, 5) is 4.22. The van der Waals surface area contributed by atoms with E-state index in [4.69, 9.17) is 5.73 Å². The lowest BCUT2D eigenvalue weighted by molar-refractivity contribution is 0.544. The van der Waals surface area contributed by atoms with E-state index < -0.39 is 0 Å². The minimum Gasteiger partial charge on any atom is -0.383 e. The molecule has 2 heterocycles. The van der Waals surface area contributed by atoms with Crippen molar-refractivity contribution >= 4 is 29.3 Å². The number of aromatic nitrogens is 1. The number of rotatable bonds is 4. The van der Waals surface area contributed by atoms with Gasteiger partial charge in [-0.3, -0.25) is 0 Å². The number of anilines is 1. The molecule has 0 amide bonds. The zero-order chi connectivity index (χ0) is 13.0. The molecule has 3 nitrogen and oxygen atoms in total. The van der Waals surface area contributed by atoms with Gasteiger partial charge in [-0.15, -0.1) is 0 Å². The van der Waals surface area contributed by atoms with Crippen LogP contribution < -0.4 is 11.1 Å². The SMILES string of the molecule is CCC1SCCSC1C(NC)c1cccnc1N. The van der Waals surface area contributed by atoms with Crippen LogP contribution in [0.3, 0.4) is 0 Å². The Labute approximate surface area is 118 Å². The molecule has 1 saturated heterocycles. The number of nitrogens with one attached hydrogen (secondary N) is 1. The van der Waals surface area contributed by atoms with Crippen molar-refractivity contribution < 1.29 is 0 Å². The fraction of sp³-hybridized carbons (Fsp3) is 0.615. The summed E-state index contributed by atoms with van der Waals surface area (Å²) in [6.45, 7) is 2.27. The first-order valence-corrected chi connectivity index (χ1v) is 8.48. The van der Waals surface area contributed by atoms with Crippen molar-refractivity contribution in [3.63, 3.8) is 0 Å². The van der Waals surface area contributed by atoms with Crippen LogP contribution in [-0.2, 0) is 0 Å². The van der Waals surface area contributed by atoms with Crippen LogP contribution in [-0.4, -0.2) is 34.0 Å². The molecule has 5 heteroatoms. The number of nitrogens with two attached hydrogens (primary N) is 1. The molecule has 2 rings (SSSR count). The van der Waals surface area contributed by atoms with Crippen molar-refractivity contribution in [3.8, 4) is 0 Å². The lowest BCUT2D eigenvalue weighted by atomic mass is 10.0. The zero-order valence-corrected chi connectivity index (χ0v) is 12.6. The van der Waals surface area contributed by atoms with Gasteiger partial charge in [0.25, 0.3) is 0 Å². The van der Waals surface area contributed by atoms with Crippen molar-refractivity contribution in [1.29, 1.82) is 0 Å². The summed E-state index contributed by atoms with van der Waals surface area (Å²) in [5.41, 5.74) is 7.16. The molecule has 3 unspecified atom stereocenters. The Kier molecular flexibility index (Phi) is 5.21. The van der Waals surface area contributed by atoms with E-state index in [1.807, 2.05) is 13.1 Å². The van der Waals surface area contributed by atoms with Crippen molar-refractivity contribution in [1.82, 2.24) is 10.3 Å². The van der Waals surface area contributed by atoms with Crippen LogP contribution in [0.1, 0.15) is 24.9 Å². The van der Waals surface area contributed by atoms with Crippen LogP contribution in [0.2, 0.25) is 0 Å². The number of nitrogen functional groups attached to an aromatic ring is 1. The summed E-state index contributed by atoms with van der Waals surface area (Å²) in [7, 11) is 2.02. The van der Waals surface area contributed by atoms with Gasteiger partial charge in [0, 0.05) is 39.8 Å². The topological polar surface area (TPSA) is 50.9 Å². The van der Waals surface area contributed by atoms with E-state index in [1.165, 1.54) is 17.9 Å². The van der Waals surface area contributed by atoms with E-state index in [-0.39, 0.29) is 0 Å². The molecular formula is C13H21N3S2. The van der Waals surface area contributed by atoms with Gasteiger partial charge in [0.1, 0.15) is 5.82 Å². The third kappa shape index (κ3) is 2.95. The normalized spacial score (nSPS) is 25.9. The van der Waals surface area contributed by atoms with Crippen molar-refractivity contribution in [2.24, 2.45) is 0 Å². The second kappa shape index (κ2) is 6.68. The van der Waals surface area contributed by atoms with Crippen LogP contribution in [0.25, 0.3) is 0 Å². The van der Waals surface area contributed by atoms with E-state index in [2.05, 4.69) is 46.8 Å². The predicted molar refractivity (Wildman–Crippen MR) is 83.2 cm³/mol. The fourth-order valence-corrected chi connectivity index (χ4v) is 5.72. The maximum absolute atomic E-state index is 6.02. The van der Waals surface area contributed by atoms with Crippen LogP contribution in [0.15, 0.2) is 18.3 Å². The molecule has 0 radical (unpaired) electrons. The molecule has 0 spiro atoms. The summed E-state index contributed by atoms with van der Waals surface area (Å²) in [5.74, 6) is 3.14. The van der Waals surface area contributed by atoms with Gasteiger partial charge in [0.05, 0.1) is 0 Å². The number of thioether (sulfide) groups is 2. The first-order valence-electron chi connectivity index (χ1n) is 6.38. The number of nitrogens with zero attached hydrogens (tertiary/aromatic N) is 1. The van der Waals surface area contributed by atoms with Crippen molar-refractivity contribution in [2.45, 2.75) is 29.9 Å². The number of hydrogen-bond acceptors (Lipinski definition) is 5. The van der Waals surface area contributed by atoms with Crippen LogP contribution in [0.5, 0.6) is 0 Å². The maximum Gasteiger partial charge on any atom is 0.128 e. The van der Waals surface area contributed by atoms with Gasteiger partial charge in [-0.05, 0) is 19.5 Å². The van der Waals surface area contributed by atoms with Gasteiger partial charge in [-0.2, -0.15) is 23.5 Å². The summed E-state index contributed by atoms with van der Waals surface area (Å²) < 4.78 is 0. The highest BCUT2D eigenvalue weighted by molar-refractivity contribution is 8.07. The molecule has 0 saturated carbocycles. The van der Waals surface area contributed by atoms with Crippen LogP contribution in [0, 0.1) is 0 Å². The Bertz CT molecular complexity index is 386. The predicted octanol–water partition coefficient (Wildman–Crippen LogP) is 2.55. The second-order valence-corrected chi connectivity index (χ2v) is 7.03. The van der Waals surface area contributed by atoms with Gasteiger partial charge in [-0.1, -0.05) is 13.0 Å². The molecular weight excluding hydrogens is 262 g/mol. The second-order valence-electron chi connectivity index (χ2n) is 4.40. The zero-order valence-electron chi connectivity index (χ0n) is 10.9. The van der Waals surface area contributed by atoms with E-state index in [0.717, 1.165) is 5.56 Å². The fourth-order valence-electron chi connectivity index (χ4n) is 2.44. The smallest absolute Gasteiger partial charge is 0.128 e. The minimum absolute atomic E-state index is 0.293. The molecule has 3 atom stereocenters. The monoisotopic (exact) mass is 283 g/mol. The number of pyridine rings is 1. The Balaban J connectivity index is 2.24. The highest BCUT2D eigenvalue weighted by Crippen LogP contribution is 2.40. The molecule has 18 heavy (non-hydrogen) atoms. The third-order valence-electron chi connectivity index (χ3n) is 3.34. The van der Waals surface area contributed by atoms with Crippen LogP contribution >= 0.6 is 23.5 Å². The summed E-state index contributed by atoms with van der Waals surface area (Å²) in [6.07, 6.45) is 2.96. The van der Waals surface area contributed by atoms with Crippen molar-refractivity contribution in [2.75, 3.05) is 24.3 Å². The Morgan fingerprint density at radius 2 is 2.28 bits per heavy atom. The summed E-state index contributed by atoms with van der Waals surface area (Å²) in [6, 6.07) is 4.36. The molecule has 3 N–H and O–H groups in total. The quantitative estimate of drug-likeness (QED) is 0.889. The van der Waals surface area contributed by atoms with Gasteiger partial charge >= 0.3 is 0 Å². The summed E-state index contributed by atoms with van der Waals surface area (Å²) in [5, 5.41) is 4.71. The summed E-state index contributed by atoms with van der Waals surface area (Å²) >= 11 is 4.16. The van der Waals surface area contributed by atoms with Gasteiger partial charge in [-0.25, -0.2) is 4.98 Å². The largest absolute Gasteiger partial charge is 0.383 e. The first-order chi connectivity index (χ1) is 8.77. The molecule has 1 aromatic rings. The Morgan fingerprint density at radius 3 is 2.94 bits per heavy atom. The molecule has 100 valence electrons. The van der Waals surface area contributed by atoms with E-state index in [0.29, 0.717) is 22.4 Å². The lowest BCUT2D eigenvalue weighted by Gasteiger charge is -2.36. The number of hydrogen-bond donors (Lipinski definition) is 2. The Hall–Kier alpha value is -0.390. The maximum atomic E-state index is 6.02. The standard InChI is InChI=1S/C13H21N3S2/c1-3-10-12(18-8-7-17-10)11(15-2)9-5-4-6-16-13(9)14/h4-6,10-12,15H,3,7-8H2,1-2H3,(H2,14,16). The average Bonchev–Trinajstić information content (AvgIpc) is 2.42. The van der Waals surface area contributed by atoms with Gasteiger partial charge in [0.2, 0.25) is 0 Å². The van der Waals surface area contributed by atoms with Gasteiger partial charge < -0.3 is 11.1 Å². The molecule has 0 aromatic carbocycles. The third-order valence-corrected chi connectivity index (χ3v) is 6.69. The molecule has 0 bridgehead atoms. The molecule has 1 fully saturated rings. The lowest BCUT2D eigenvalue weighted by Crippen LogP contribution is -2.37. The highest BCUT2D eigenvalue weighted by Gasteiger charge is 2.33. The average molecular weight is 283 g/mol. The molecule has 1 aromatic heterocycles. The van der Waals surface area contributed by atoms with E-state index in [1.54, 1.807) is 6.20 Å². The highest BCUT2D eigenvalue weighted by atomic mass is 32.2. The Morgan fingerprint density at radius 1 is 1.50 bits per heavy atom. The molecule has 0 aliphatic carbocycles. The van der Waals surface area contributed by atoms with Gasteiger partial charge in [0.15, 0.2) is 0 Å². The van der Waals surface area contributed by atoms with E-state index in [9.17, 15) is 0 Å². The molecule has 1 aliphatic rings.